The maximum Gasteiger partial charge on any atom is 0.228 e. The van der Waals surface area contributed by atoms with Crippen LogP contribution in [0.15, 0.2) is 42.6 Å². The van der Waals surface area contributed by atoms with Gasteiger partial charge in [-0.05, 0) is 43.6 Å². The van der Waals surface area contributed by atoms with Crippen LogP contribution in [-0.4, -0.2) is 44.8 Å². The van der Waals surface area contributed by atoms with Crippen molar-refractivity contribution in [3.8, 4) is 17.4 Å². The molecule has 2 aromatic rings. The molecule has 2 heterocycles. The van der Waals surface area contributed by atoms with E-state index in [1.165, 1.54) is 0 Å². The number of aromatic nitrogens is 1. The number of pyridine rings is 1. The number of ether oxygens (including phenoxy) is 3. The number of amides is 1. The molecule has 0 spiro atoms. The van der Waals surface area contributed by atoms with Crippen LogP contribution in [-0.2, 0) is 16.1 Å². The summed E-state index contributed by atoms with van der Waals surface area (Å²) in [7, 11) is 3.25. The second kappa shape index (κ2) is 12.6. The molecule has 3 rings (SSSR count). The fraction of sp³-hybridized carbons (Fsp3) is 0.429. The number of hydrogen-bond acceptors (Lipinski definition) is 6. The molecule has 0 aliphatic carbocycles. The van der Waals surface area contributed by atoms with E-state index in [9.17, 15) is 4.79 Å². The monoisotopic (exact) mass is 457 g/mol. The molecule has 2 N–H and O–H groups in total. The minimum Gasteiger partial charge on any atom is -0.497 e. The lowest BCUT2D eigenvalue weighted by Gasteiger charge is -2.35. The van der Waals surface area contributed by atoms with Gasteiger partial charge in [0.05, 0.1) is 19.1 Å². The highest BCUT2D eigenvalue weighted by molar-refractivity contribution is 5.85. The molecular weight excluding hydrogens is 429 g/mol. The van der Waals surface area contributed by atoms with E-state index in [2.05, 4.69) is 15.6 Å². The van der Waals surface area contributed by atoms with Crippen molar-refractivity contribution in [2.24, 2.45) is 5.41 Å². The first-order chi connectivity index (χ1) is 13.6. The van der Waals surface area contributed by atoms with Gasteiger partial charge in [-0.3, -0.25) is 4.79 Å². The summed E-state index contributed by atoms with van der Waals surface area (Å²) in [6.45, 7) is 2.51. The highest BCUT2D eigenvalue weighted by Gasteiger charge is 2.39. The number of rotatable bonds is 8. The van der Waals surface area contributed by atoms with Crippen LogP contribution in [0.2, 0.25) is 0 Å². The van der Waals surface area contributed by atoms with E-state index in [4.69, 9.17) is 14.2 Å². The molecule has 0 unspecified atom stereocenters. The van der Waals surface area contributed by atoms with Crippen molar-refractivity contribution in [1.29, 1.82) is 0 Å². The van der Waals surface area contributed by atoms with Crippen LogP contribution in [0.1, 0.15) is 18.4 Å². The van der Waals surface area contributed by atoms with Crippen LogP contribution in [0.25, 0.3) is 0 Å². The summed E-state index contributed by atoms with van der Waals surface area (Å²) in [6, 6.07) is 11.0. The number of benzene rings is 1. The number of hydrogen-bond donors (Lipinski definition) is 2. The lowest BCUT2D eigenvalue weighted by Crippen LogP contribution is -2.49. The van der Waals surface area contributed by atoms with Crippen molar-refractivity contribution >= 4 is 30.7 Å². The molecule has 1 fully saturated rings. The first-order valence-electron chi connectivity index (χ1n) is 9.40. The summed E-state index contributed by atoms with van der Waals surface area (Å²) in [4.78, 5) is 17.1. The molecule has 7 nitrogen and oxygen atoms in total. The van der Waals surface area contributed by atoms with Gasteiger partial charge >= 0.3 is 0 Å². The molecule has 30 heavy (non-hydrogen) atoms. The standard InChI is InChI=1S/C21H27N3O4.2ClH/c1-26-15-21(8-10-22-11-9-21)20(25)24-14-16-6-7-19(23-13-16)28-18-5-3-4-17(12-18)27-2;;/h3-7,12-13,22H,8-11,14-15H2,1-2H3,(H,24,25);2*1H. The lowest BCUT2D eigenvalue weighted by atomic mass is 9.78. The maximum absolute atomic E-state index is 12.8. The minimum atomic E-state index is -0.456. The molecule has 0 bridgehead atoms. The van der Waals surface area contributed by atoms with Gasteiger partial charge in [0.2, 0.25) is 11.8 Å². The number of halogens is 2. The summed E-state index contributed by atoms with van der Waals surface area (Å²) in [5.74, 6) is 1.89. The molecule has 1 amide bonds. The van der Waals surface area contributed by atoms with Gasteiger partial charge < -0.3 is 24.8 Å². The Kier molecular flexibility index (Phi) is 10.9. The van der Waals surface area contributed by atoms with Gasteiger partial charge in [-0.25, -0.2) is 4.98 Å². The minimum absolute atomic E-state index is 0. The Balaban J connectivity index is 0.00000225. The molecule has 1 saturated heterocycles. The summed E-state index contributed by atoms with van der Waals surface area (Å²) in [6.07, 6.45) is 3.26. The second-order valence-corrected chi connectivity index (χ2v) is 6.93. The van der Waals surface area contributed by atoms with Gasteiger partial charge in [0.25, 0.3) is 0 Å². The molecule has 9 heteroatoms. The molecule has 1 aromatic heterocycles. The van der Waals surface area contributed by atoms with Crippen LogP contribution in [0.5, 0.6) is 17.4 Å². The van der Waals surface area contributed by atoms with Gasteiger partial charge in [-0.2, -0.15) is 0 Å². The Morgan fingerprint density at radius 3 is 2.50 bits per heavy atom. The Bertz CT molecular complexity index is 779. The fourth-order valence-corrected chi connectivity index (χ4v) is 3.35. The number of piperidine rings is 1. The highest BCUT2D eigenvalue weighted by Crippen LogP contribution is 2.29. The van der Waals surface area contributed by atoms with Crippen molar-refractivity contribution in [2.45, 2.75) is 19.4 Å². The number of carbonyl (C=O) groups excluding carboxylic acids is 1. The normalized spacial score (nSPS) is 14.6. The van der Waals surface area contributed by atoms with Crippen molar-refractivity contribution in [2.75, 3.05) is 33.9 Å². The molecule has 0 saturated carbocycles. The molecule has 0 radical (unpaired) electrons. The van der Waals surface area contributed by atoms with Gasteiger partial charge in [0.1, 0.15) is 11.5 Å². The van der Waals surface area contributed by atoms with E-state index in [1.807, 2.05) is 24.3 Å². The molecular formula is C21H29Cl2N3O4. The predicted octanol–water partition coefficient (Wildman–Crippen LogP) is 3.36. The zero-order valence-corrected chi connectivity index (χ0v) is 18.8. The first-order valence-corrected chi connectivity index (χ1v) is 9.40. The molecule has 166 valence electrons. The summed E-state index contributed by atoms with van der Waals surface area (Å²) in [5.41, 5.74) is 0.455. The van der Waals surface area contributed by atoms with Gasteiger partial charge in [-0.15, -0.1) is 24.8 Å². The summed E-state index contributed by atoms with van der Waals surface area (Å²) >= 11 is 0. The fourth-order valence-electron chi connectivity index (χ4n) is 3.35. The van der Waals surface area contributed by atoms with Crippen molar-refractivity contribution in [1.82, 2.24) is 15.6 Å². The predicted molar refractivity (Wildman–Crippen MR) is 120 cm³/mol. The molecule has 1 aromatic carbocycles. The zero-order valence-electron chi connectivity index (χ0n) is 17.2. The summed E-state index contributed by atoms with van der Waals surface area (Å²) in [5, 5.41) is 6.33. The van der Waals surface area contributed by atoms with Crippen molar-refractivity contribution < 1.29 is 19.0 Å². The number of methoxy groups -OCH3 is 2. The van der Waals surface area contributed by atoms with Gasteiger partial charge in [-0.1, -0.05) is 12.1 Å². The average molecular weight is 458 g/mol. The third-order valence-corrected chi connectivity index (χ3v) is 4.98. The Hall–Kier alpha value is -2.06. The van der Waals surface area contributed by atoms with Crippen molar-refractivity contribution in [3.05, 3.63) is 48.2 Å². The molecule has 1 aliphatic heterocycles. The molecule has 0 atom stereocenters. The number of nitrogens with one attached hydrogen (secondary N) is 2. The summed E-state index contributed by atoms with van der Waals surface area (Å²) < 4.78 is 16.3. The first kappa shape index (κ1) is 26.0. The second-order valence-electron chi connectivity index (χ2n) is 6.93. The lowest BCUT2D eigenvalue weighted by molar-refractivity contribution is -0.136. The van der Waals surface area contributed by atoms with E-state index >= 15 is 0 Å². The van der Waals surface area contributed by atoms with Gasteiger partial charge in [0, 0.05) is 32.0 Å². The number of nitrogens with zero attached hydrogens (tertiary/aromatic N) is 1. The van der Waals surface area contributed by atoms with Crippen LogP contribution in [0.4, 0.5) is 0 Å². The van der Waals surface area contributed by atoms with Crippen molar-refractivity contribution in [3.63, 3.8) is 0 Å². The average Bonchev–Trinajstić information content (AvgIpc) is 2.74. The Morgan fingerprint density at radius 1 is 1.13 bits per heavy atom. The van der Waals surface area contributed by atoms with Crippen LogP contribution >= 0.6 is 24.8 Å². The number of carbonyl (C=O) groups is 1. The Labute approximate surface area is 189 Å². The van der Waals surface area contributed by atoms with Gasteiger partial charge in [0.15, 0.2) is 0 Å². The van der Waals surface area contributed by atoms with E-state index in [-0.39, 0.29) is 30.7 Å². The third kappa shape index (κ3) is 6.74. The SMILES string of the molecule is COCC1(C(=O)NCc2ccc(Oc3cccc(OC)c3)nc2)CCNCC1.Cl.Cl. The Morgan fingerprint density at radius 2 is 1.87 bits per heavy atom. The van der Waals surface area contributed by atoms with E-state index < -0.39 is 5.41 Å². The maximum atomic E-state index is 12.8. The quantitative estimate of drug-likeness (QED) is 0.632. The highest BCUT2D eigenvalue weighted by atomic mass is 35.5. The molecule has 1 aliphatic rings. The zero-order chi connectivity index (χ0) is 19.8. The van der Waals surface area contributed by atoms with E-state index in [1.54, 1.807) is 32.5 Å². The third-order valence-electron chi connectivity index (χ3n) is 4.98. The largest absolute Gasteiger partial charge is 0.497 e. The topological polar surface area (TPSA) is 81.7 Å². The van der Waals surface area contributed by atoms with E-state index in [0.717, 1.165) is 37.2 Å². The van der Waals surface area contributed by atoms with Crippen LogP contribution < -0.4 is 20.1 Å². The van der Waals surface area contributed by atoms with Crippen LogP contribution in [0, 0.1) is 5.41 Å². The smallest absolute Gasteiger partial charge is 0.228 e. The van der Waals surface area contributed by atoms with Crippen LogP contribution in [0.3, 0.4) is 0 Å². The van der Waals surface area contributed by atoms with E-state index in [0.29, 0.717) is 24.8 Å².